The average Bonchev–Trinajstić information content (AvgIpc) is 2.42. The van der Waals surface area contributed by atoms with Gasteiger partial charge in [-0.1, -0.05) is 49.2 Å². The summed E-state index contributed by atoms with van der Waals surface area (Å²) >= 11 is 0. The Kier molecular flexibility index (Phi) is 9.18. The fraction of sp³-hybridized carbons (Fsp3) is 0.529. The lowest BCUT2D eigenvalue weighted by Gasteiger charge is -2.04. The second-order valence-electron chi connectivity index (χ2n) is 4.69. The number of rotatable bonds is 11. The van der Waals surface area contributed by atoms with Crippen LogP contribution in [0.15, 0.2) is 43.0 Å². The van der Waals surface area contributed by atoms with E-state index in [4.69, 9.17) is 4.74 Å². The minimum absolute atomic E-state index is 0.890. The number of hydrogen-bond acceptors (Lipinski definition) is 1. The summed E-state index contributed by atoms with van der Waals surface area (Å²) in [6.45, 7) is 5.54. The van der Waals surface area contributed by atoms with Gasteiger partial charge in [0.2, 0.25) is 0 Å². The molecule has 100 valence electrons. The van der Waals surface area contributed by atoms with Gasteiger partial charge in [0, 0.05) is 13.2 Å². The Morgan fingerprint density at radius 2 is 1.61 bits per heavy atom. The molecule has 1 nitrogen and oxygen atoms in total. The molecule has 0 aliphatic heterocycles. The van der Waals surface area contributed by atoms with Crippen molar-refractivity contribution in [3.63, 3.8) is 0 Å². The van der Waals surface area contributed by atoms with Crippen molar-refractivity contribution in [2.24, 2.45) is 0 Å². The first-order valence-electron chi connectivity index (χ1n) is 7.16. The van der Waals surface area contributed by atoms with E-state index in [9.17, 15) is 0 Å². The first kappa shape index (κ1) is 15.0. The Hall–Kier alpha value is -1.08. The van der Waals surface area contributed by atoms with E-state index in [0.717, 1.165) is 32.5 Å². The van der Waals surface area contributed by atoms with E-state index in [1.54, 1.807) is 0 Å². The molecule has 0 aromatic heterocycles. The predicted molar refractivity (Wildman–Crippen MR) is 78.9 cm³/mol. The molecule has 18 heavy (non-hydrogen) atoms. The maximum atomic E-state index is 5.64. The minimum atomic E-state index is 0.890. The maximum absolute atomic E-state index is 5.64. The molecular formula is C17H26O. The van der Waals surface area contributed by atoms with E-state index in [1.807, 2.05) is 6.08 Å². The van der Waals surface area contributed by atoms with Gasteiger partial charge in [-0.3, -0.25) is 0 Å². The Bertz CT molecular complexity index is 292. The molecule has 1 heteroatoms. The molecule has 0 heterocycles. The minimum Gasteiger partial charge on any atom is -0.381 e. The zero-order chi connectivity index (χ0) is 12.9. The Labute approximate surface area is 112 Å². The average molecular weight is 246 g/mol. The third-order valence-corrected chi connectivity index (χ3v) is 3.04. The third kappa shape index (κ3) is 8.08. The largest absolute Gasteiger partial charge is 0.381 e. The van der Waals surface area contributed by atoms with E-state index < -0.39 is 0 Å². The van der Waals surface area contributed by atoms with Crippen molar-refractivity contribution in [1.29, 1.82) is 0 Å². The highest BCUT2D eigenvalue weighted by Gasteiger charge is 1.93. The number of unbranched alkanes of at least 4 members (excludes halogenated alkanes) is 4. The van der Waals surface area contributed by atoms with Crippen molar-refractivity contribution in [2.45, 2.75) is 44.9 Å². The monoisotopic (exact) mass is 246 g/mol. The first-order chi connectivity index (χ1) is 8.93. The van der Waals surface area contributed by atoms with Crippen molar-refractivity contribution in [1.82, 2.24) is 0 Å². The summed E-state index contributed by atoms with van der Waals surface area (Å²) in [6, 6.07) is 10.6. The van der Waals surface area contributed by atoms with Crippen LogP contribution in [0.4, 0.5) is 0 Å². The second kappa shape index (κ2) is 11.0. The molecule has 0 unspecified atom stereocenters. The van der Waals surface area contributed by atoms with Crippen molar-refractivity contribution < 1.29 is 4.74 Å². The lowest BCUT2D eigenvalue weighted by molar-refractivity contribution is 0.127. The molecule has 0 spiro atoms. The molecule has 1 rings (SSSR count). The summed E-state index contributed by atoms with van der Waals surface area (Å²) in [4.78, 5) is 0. The van der Waals surface area contributed by atoms with Crippen LogP contribution >= 0.6 is 0 Å². The van der Waals surface area contributed by atoms with Crippen LogP contribution in [0.1, 0.15) is 44.1 Å². The van der Waals surface area contributed by atoms with Crippen molar-refractivity contribution >= 4 is 0 Å². The summed E-state index contributed by atoms with van der Waals surface area (Å²) in [5, 5.41) is 0. The van der Waals surface area contributed by atoms with Crippen LogP contribution in [-0.2, 0) is 11.2 Å². The lowest BCUT2D eigenvalue weighted by atomic mass is 10.1. The van der Waals surface area contributed by atoms with Gasteiger partial charge in [0.1, 0.15) is 0 Å². The zero-order valence-electron chi connectivity index (χ0n) is 11.4. The molecular weight excluding hydrogens is 220 g/mol. The lowest BCUT2D eigenvalue weighted by Crippen LogP contribution is -1.98. The Morgan fingerprint density at radius 1 is 0.889 bits per heavy atom. The van der Waals surface area contributed by atoms with Crippen LogP contribution in [0.5, 0.6) is 0 Å². The van der Waals surface area contributed by atoms with Crippen LogP contribution in [0, 0.1) is 0 Å². The topological polar surface area (TPSA) is 9.23 Å². The van der Waals surface area contributed by atoms with E-state index in [-0.39, 0.29) is 0 Å². The standard InChI is InChI=1S/C17H26O/c1-2-3-4-5-6-10-15-18-16-11-14-17-12-8-7-9-13-17/h2,7-9,12-13H,1,3-6,10-11,14-16H2. The number of ether oxygens (including phenoxy) is 1. The molecule has 0 N–H and O–H groups in total. The second-order valence-corrected chi connectivity index (χ2v) is 4.69. The SMILES string of the molecule is C=CCCCCCCOCCCc1ccccc1. The van der Waals surface area contributed by atoms with Gasteiger partial charge in [0.05, 0.1) is 0 Å². The van der Waals surface area contributed by atoms with Crippen LogP contribution < -0.4 is 0 Å². The van der Waals surface area contributed by atoms with Gasteiger partial charge < -0.3 is 4.74 Å². The van der Waals surface area contributed by atoms with E-state index in [0.29, 0.717) is 0 Å². The van der Waals surface area contributed by atoms with Gasteiger partial charge in [0.25, 0.3) is 0 Å². The van der Waals surface area contributed by atoms with Gasteiger partial charge in [-0.25, -0.2) is 0 Å². The van der Waals surface area contributed by atoms with Crippen LogP contribution in [0.3, 0.4) is 0 Å². The molecule has 0 saturated heterocycles. The molecule has 0 atom stereocenters. The van der Waals surface area contributed by atoms with Crippen LogP contribution in [0.25, 0.3) is 0 Å². The summed E-state index contributed by atoms with van der Waals surface area (Å²) in [7, 11) is 0. The van der Waals surface area contributed by atoms with Gasteiger partial charge >= 0.3 is 0 Å². The molecule has 0 saturated carbocycles. The predicted octanol–water partition coefficient (Wildman–Crippen LogP) is 4.77. The number of hydrogen-bond donors (Lipinski definition) is 0. The third-order valence-electron chi connectivity index (χ3n) is 3.04. The van der Waals surface area contributed by atoms with Gasteiger partial charge in [0.15, 0.2) is 0 Å². The molecule has 1 aromatic carbocycles. The van der Waals surface area contributed by atoms with Crippen LogP contribution in [-0.4, -0.2) is 13.2 Å². The molecule has 0 aliphatic carbocycles. The quantitative estimate of drug-likeness (QED) is 0.403. The summed E-state index contributed by atoms with van der Waals surface area (Å²) < 4.78 is 5.64. The maximum Gasteiger partial charge on any atom is 0.0469 e. The Morgan fingerprint density at radius 3 is 2.39 bits per heavy atom. The van der Waals surface area contributed by atoms with Crippen molar-refractivity contribution in [3.05, 3.63) is 48.6 Å². The van der Waals surface area contributed by atoms with E-state index in [1.165, 1.54) is 31.2 Å². The highest BCUT2D eigenvalue weighted by atomic mass is 16.5. The van der Waals surface area contributed by atoms with Gasteiger partial charge in [-0.05, 0) is 37.7 Å². The highest BCUT2D eigenvalue weighted by Crippen LogP contribution is 2.05. The van der Waals surface area contributed by atoms with Crippen molar-refractivity contribution in [2.75, 3.05) is 13.2 Å². The summed E-state index contributed by atoms with van der Waals surface area (Å²) in [5.41, 5.74) is 1.41. The van der Waals surface area contributed by atoms with Gasteiger partial charge in [-0.2, -0.15) is 0 Å². The summed E-state index contributed by atoms with van der Waals surface area (Å²) in [5.74, 6) is 0. The van der Waals surface area contributed by atoms with Crippen molar-refractivity contribution in [3.8, 4) is 0 Å². The fourth-order valence-corrected chi connectivity index (χ4v) is 1.97. The number of aryl methyl sites for hydroxylation is 1. The number of benzene rings is 1. The fourth-order valence-electron chi connectivity index (χ4n) is 1.97. The number of allylic oxidation sites excluding steroid dienone is 1. The highest BCUT2D eigenvalue weighted by molar-refractivity contribution is 5.14. The van der Waals surface area contributed by atoms with E-state index >= 15 is 0 Å². The molecule has 0 radical (unpaired) electrons. The molecule has 0 amide bonds. The Balaban J connectivity index is 1.83. The van der Waals surface area contributed by atoms with E-state index in [2.05, 4.69) is 36.9 Å². The molecule has 0 fully saturated rings. The van der Waals surface area contributed by atoms with Gasteiger partial charge in [-0.15, -0.1) is 6.58 Å². The smallest absolute Gasteiger partial charge is 0.0469 e. The molecule has 1 aromatic rings. The summed E-state index contributed by atoms with van der Waals surface area (Å²) in [6.07, 6.45) is 10.5. The van der Waals surface area contributed by atoms with Crippen LogP contribution in [0.2, 0.25) is 0 Å². The molecule has 0 aliphatic rings. The zero-order valence-corrected chi connectivity index (χ0v) is 11.4. The first-order valence-corrected chi connectivity index (χ1v) is 7.16. The normalized spacial score (nSPS) is 10.4. The molecule has 0 bridgehead atoms.